The summed E-state index contributed by atoms with van der Waals surface area (Å²) in [5.41, 5.74) is 8.06. The van der Waals surface area contributed by atoms with Crippen LogP contribution in [0.4, 0.5) is 5.69 Å². The predicted octanol–water partition coefficient (Wildman–Crippen LogP) is 3.11. The number of primary amides is 1. The predicted molar refractivity (Wildman–Crippen MR) is 81.6 cm³/mol. The van der Waals surface area contributed by atoms with Gasteiger partial charge in [0.05, 0.1) is 0 Å². The second kappa shape index (κ2) is 4.97. The molecule has 0 aromatic heterocycles. The van der Waals surface area contributed by atoms with Gasteiger partial charge in [0.25, 0.3) is 0 Å². The van der Waals surface area contributed by atoms with E-state index in [2.05, 4.69) is 24.4 Å². The molecule has 1 saturated carbocycles. The summed E-state index contributed by atoms with van der Waals surface area (Å²) in [4.78, 5) is 11.2. The lowest BCUT2D eigenvalue weighted by Crippen LogP contribution is -2.29. The lowest BCUT2D eigenvalue weighted by molar-refractivity contribution is 0.1000. The Kier molecular flexibility index (Phi) is 3.28. The lowest BCUT2D eigenvalue weighted by Gasteiger charge is -2.27. The van der Waals surface area contributed by atoms with Gasteiger partial charge < -0.3 is 11.1 Å². The van der Waals surface area contributed by atoms with E-state index in [1.165, 1.54) is 12.8 Å². The first kappa shape index (κ1) is 13.2. The zero-order chi connectivity index (χ0) is 14.3. The number of fused-ring (bicyclic) bond motifs is 2. The third-order valence-corrected chi connectivity index (χ3v) is 4.87. The molecule has 3 nitrogen and oxygen atoms in total. The fourth-order valence-corrected chi connectivity index (χ4v) is 3.73. The van der Waals surface area contributed by atoms with Gasteiger partial charge in [-0.1, -0.05) is 12.2 Å². The fraction of sp³-hybridized carbons (Fsp3) is 0.471. The molecule has 0 radical (unpaired) electrons. The molecule has 1 aromatic carbocycles. The minimum absolute atomic E-state index is 0.370. The van der Waals surface area contributed by atoms with Crippen molar-refractivity contribution >= 4 is 11.6 Å². The molecule has 2 bridgehead atoms. The molecule has 0 saturated heterocycles. The Balaban J connectivity index is 1.71. The summed E-state index contributed by atoms with van der Waals surface area (Å²) in [5, 5.41) is 3.62. The van der Waals surface area contributed by atoms with Gasteiger partial charge >= 0.3 is 0 Å². The second-order valence-electron chi connectivity index (χ2n) is 6.27. The van der Waals surface area contributed by atoms with Crippen LogP contribution in [0.3, 0.4) is 0 Å². The number of carbonyl (C=O) groups excluding carboxylic acids is 1. The van der Waals surface area contributed by atoms with E-state index < -0.39 is 0 Å². The second-order valence-corrected chi connectivity index (χ2v) is 6.27. The minimum atomic E-state index is -0.370. The Morgan fingerprint density at radius 2 is 2.15 bits per heavy atom. The van der Waals surface area contributed by atoms with Crippen molar-refractivity contribution in [2.24, 2.45) is 23.5 Å². The number of carbonyl (C=O) groups is 1. The van der Waals surface area contributed by atoms with E-state index in [1.807, 2.05) is 19.1 Å². The molecular weight excluding hydrogens is 248 g/mol. The van der Waals surface area contributed by atoms with Crippen LogP contribution in [0.2, 0.25) is 0 Å². The first-order valence-corrected chi connectivity index (χ1v) is 7.40. The van der Waals surface area contributed by atoms with Crippen LogP contribution in [0, 0.1) is 24.7 Å². The van der Waals surface area contributed by atoms with E-state index >= 15 is 0 Å². The summed E-state index contributed by atoms with van der Waals surface area (Å²) < 4.78 is 0. The number of nitrogens with one attached hydrogen (secondary N) is 1. The molecule has 3 N–H and O–H groups in total. The number of amides is 1. The van der Waals surface area contributed by atoms with Crippen LogP contribution in [-0.4, -0.2) is 11.9 Å². The standard InChI is InChI=1S/C17H22N2O/c1-10-7-14(17(18)20)5-6-16(10)19-11(2)15-9-12-3-4-13(15)8-12/h3-7,11-13,15,19H,8-9H2,1-2H3,(H2,18,20). The van der Waals surface area contributed by atoms with Crippen molar-refractivity contribution in [3.63, 3.8) is 0 Å². The molecule has 3 rings (SSSR count). The average Bonchev–Trinajstić information content (AvgIpc) is 3.03. The van der Waals surface area contributed by atoms with Crippen LogP contribution in [-0.2, 0) is 0 Å². The Morgan fingerprint density at radius 1 is 1.35 bits per heavy atom. The van der Waals surface area contributed by atoms with Gasteiger partial charge in [0.1, 0.15) is 0 Å². The topological polar surface area (TPSA) is 55.1 Å². The maximum atomic E-state index is 11.2. The number of benzene rings is 1. The van der Waals surface area contributed by atoms with Gasteiger partial charge in [0.15, 0.2) is 0 Å². The Bertz CT molecular complexity index is 564. The summed E-state index contributed by atoms with van der Waals surface area (Å²) in [6.45, 7) is 4.28. The summed E-state index contributed by atoms with van der Waals surface area (Å²) in [6, 6.07) is 6.08. The third-order valence-electron chi connectivity index (χ3n) is 4.87. The fourth-order valence-electron chi connectivity index (χ4n) is 3.73. The van der Waals surface area contributed by atoms with Crippen molar-refractivity contribution in [3.8, 4) is 0 Å². The van der Waals surface area contributed by atoms with Crippen molar-refractivity contribution in [2.45, 2.75) is 32.7 Å². The first-order valence-electron chi connectivity index (χ1n) is 7.40. The van der Waals surface area contributed by atoms with Gasteiger partial charge in [-0.25, -0.2) is 0 Å². The molecule has 1 aromatic rings. The zero-order valence-corrected chi connectivity index (χ0v) is 12.1. The molecule has 0 aliphatic heterocycles. The minimum Gasteiger partial charge on any atom is -0.382 e. The molecule has 1 fully saturated rings. The van der Waals surface area contributed by atoms with Crippen LogP contribution in [0.5, 0.6) is 0 Å². The van der Waals surface area contributed by atoms with Gasteiger partial charge in [-0.2, -0.15) is 0 Å². The molecule has 2 aliphatic carbocycles. The molecule has 0 heterocycles. The molecule has 20 heavy (non-hydrogen) atoms. The zero-order valence-electron chi connectivity index (χ0n) is 12.1. The maximum Gasteiger partial charge on any atom is 0.248 e. The largest absolute Gasteiger partial charge is 0.382 e. The van der Waals surface area contributed by atoms with Crippen LogP contribution >= 0.6 is 0 Å². The molecule has 106 valence electrons. The number of hydrogen-bond acceptors (Lipinski definition) is 2. The van der Waals surface area contributed by atoms with E-state index in [-0.39, 0.29) is 5.91 Å². The number of rotatable bonds is 4. The molecule has 1 amide bonds. The van der Waals surface area contributed by atoms with Crippen molar-refractivity contribution in [1.29, 1.82) is 0 Å². The summed E-state index contributed by atoms with van der Waals surface area (Å²) in [5.74, 6) is 1.89. The highest BCUT2D eigenvalue weighted by atomic mass is 16.1. The maximum absolute atomic E-state index is 11.2. The Hall–Kier alpha value is -1.77. The summed E-state index contributed by atoms with van der Waals surface area (Å²) in [6.07, 6.45) is 7.39. The molecule has 4 atom stereocenters. The molecule has 2 aliphatic rings. The number of nitrogens with two attached hydrogens (primary N) is 1. The number of hydrogen-bond donors (Lipinski definition) is 2. The van der Waals surface area contributed by atoms with Gasteiger partial charge in [-0.3, -0.25) is 4.79 Å². The van der Waals surface area contributed by atoms with Crippen molar-refractivity contribution < 1.29 is 4.79 Å². The molecular formula is C17H22N2O. The van der Waals surface area contributed by atoms with Crippen LogP contribution in [0.1, 0.15) is 35.7 Å². The number of aryl methyl sites for hydroxylation is 1. The third kappa shape index (κ3) is 2.33. The van der Waals surface area contributed by atoms with Crippen LogP contribution in [0.25, 0.3) is 0 Å². The Morgan fingerprint density at radius 3 is 2.70 bits per heavy atom. The molecule has 4 unspecified atom stereocenters. The highest BCUT2D eigenvalue weighted by Crippen LogP contribution is 2.45. The van der Waals surface area contributed by atoms with E-state index in [0.717, 1.165) is 29.0 Å². The average molecular weight is 270 g/mol. The monoisotopic (exact) mass is 270 g/mol. The van der Waals surface area contributed by atoms with Gasteiger partial charge in [0, 0.05) is 17.3 Å². The smallest absolute Gasteiger partial charge is 0.248 e. The van der Waals surface area contributed by atoms with E-state index in [0.29, 0.717) is 11.6 Å². The normalized spacial score (nSPS) is 28.6. The molecule has 3 heteroatoms. The molecule has 0 spiro atoms. The summed E-state index contributed by atoms with van der Waals surface area (Å²) >= 11 is 0. The van der Waals surface area contributed by atoms with E-state index in [1.54, 1.807) is 6.07 Å². The van der Waals surface area contributed by atoms with Crippen LogP contribution in [0.15, 0.2) is 30.4 Å². The number of allylic oxidation sites excluding steroid dienone is 2. The highest BCUT2D eigenvalue weighted by molar-refractivity contribution is 5.93. The van der Waals surface area contributed by atoms with Gasteiger partial charge in [-0.15, -0.1) is 0 Å². The van der Waals surface area contributed by atoms with E-state index in [9.17, 15) is 4.79 Å². The van der Waals surface area contributed by atoms with Gasteiger partial charge in [0.2, 0.25) is 5.91 Å². The lowest BCUT2D eigenvalue weighted by atomic mass is 9.87. The Labute approximate surface area is 120 Å². The van der Waals surface area contributed by atoms with Gasteiger partial charge in [-0.05, 0) is 68.2 Å². The van der Waals surface area contributed by atoms with Crippen molar-refractivity contribution in [1.82, 2.24) is 0 Å². The van der Waals surface area contributed by atoms with E-state index in [4.69, 9.17) is 5.73 Å². The van der Waals surface area contributed by atoms with Crippen LogP contribution < -0.4 is 11.1 Å². The first-order chi connectivity index (χ1) is 9.54. The quantitative estimate of drug-likeness (QED) is 0.826. The summed E-state index contributed by atoms with van der Waals surface area (Å²) in [7, 11) is 0. The SMILES string of the molecule is Cc1cc(C(N)=O)ccc1NC(C)C1CC2C=CC1C2. The number of anilines is 1. The highest BCUT2D eigenvalue weighted by Gasteiger charge is 2.38. The van der Waals surface area contributed by atoms with Crippen molar-refractivity contribution in [3.05, 3.63) is 41.5 Å². The van der Waals surface area contributed by atoms with Crippen molar-refractivity contribution in [2.75, 3.05) is 5.32 Å².